The van der Waals surface area contributed by atoms with Crippen LogP contribution in [0.1, 0.15) is 25.8 Å². The molecular formula is C13H18N2O3. The second kappa shape index (κ2) is 5.53. The van der Waals surface area contributed by atoms with Crippen LogP contribution in [0.3, 0.4) is 0 Å². The van der Waals surface area contributed by atoms with Crippen molar-refractivity contribution in [3.63, 3.8) is 0 Å². The molecule has 0 radical (unpaired) electrons. The minimum atomic E-state index is -1.24. The van der Waals surface area contributed by atoms with Gasteiger partial charge in [-0.15, -0.1) is 0 Å². The summed E-state index contributed by atoms with van der Waals surface area (Å²) in [5, 5.41) is 11.4. The number of nitrogens with two attached hydrogens (primary N) is 1. The van der Waals surface area contributed by atoms with Crippen molar-refractivity contribution in [2.45, 2.75) is 32.2 Å². The Bertz CT molecular complexity index is 455. The van der Waals surface area contributed by atoms with Crippen molar-refractivity contribution in [3.05, 3.63) is 29.8 Å². The van der Waals surface area contributed by atoms with Crippen LogP contribution in [0.4, 0.5) is 5.69 Å². The first-order valence-electron chi connectivity index (χ1n) is 5.70. The van der Waals surface area contributed by atoms with E-state index in [0.29, 0.717) is 12.1 Å². The molecule has 0 unspecified atom stereocenters. The Morgan fingerprint density at radius 1 is 1.39 bits per heavy atom. The molecule has 1 aromatic carbocycles. The number of carboxylic acid groups (broad SMARTS) is 1. The third kappa shape index (κ3) is 4.08. The molecule has 0 fully saturated rings. The van der Waals surface area contributed by atoms with Crippen molar-refractivity contribution < 1.29 is 14.7 Å². The Morgan fingerprint density at radius 3 is 2.61 bits per heavy atom. The number of aryl methyl sites for hydroxylation is 1. The third-order valence-corrected chi connectivity index (χ3v) is 2.58. The van der Waals surface area contributed by atoms with E-state index in [1.165, 1.54) is 13.8 Å². The molecule has 0 saturated heterocycles. The molecule has 0 atom stereocenters. The van der Waals surface area contributed by atoms with Gasteiger partial charge in [-0.2, -0.15) is 0 Å². The molecule has 0 heterocycles. The molecule has 0 spiro atoms. The minimum absolute atomic E-state index is 0.236. The van der Waals surface area contributed by atoms with E-state index in [2.05, 4.69) is 5.32 Å². The number of aliphatic carboxylic acids is 1. The summed E-state index contributed by atoms with van der Waals surface area (Å²) in [4.78, 5) is 22.5. The van der Waals surface area contributed by atoms with Gasteiger partial charge in [0.05, 0.1) is 0 Å². The number of benzene rings is 1. The first kappa shape index (κ1) is 14.0. The molecule has 4 N–H and O–H groups in total. The van der Waals surface area contributed by atoms with Gasteiger partial charge in [-0.05, 0) is 38.0 Å². The molecule has 18 heavy (non-hydrogen) atoms. The van der Waals surface area contributed by atoms with E-state index in [1.54, 1.807) is 12.1 Å². The van der Waals surface area contributed by atoms with Crippen LogP contribution in [0.5, 0.6) is 0 Å². The molecule has 0 aliphatic heterocycles. The molecule has 0 aliphatic rings. The summed E-state index contributed by atoms with van der Waals surface area (Å²) in [5.41, 5.74) is 5.99. The molecule has 1 aromatic rings. The van der Waals surface area contributed by atoms with Crippen LogP contribution in [0, 0.1) is 0 Å². The summed E-state index contributed by atoms with van der Waals surface area (Å²) in [6.07, 6.45) is 0.771. The lowest BCUT2D eigenvalue weighted by molar-refractivity contribution is -0.146. The maximum atomic E-state index is 11.6. The van der Waals surface area contributed by atoms with Crippen molar-refractivity contribution in [1.29, 1.82) is 0 Å². The van der Waals surface area contributed by atoms with Crippen molar-refractivity contribution in [2.24, 2.45) is 0 Å². The SMILES string of the molecule is CC(C)(NC(=O)CCc1cccc(N)c1)C(=O)O. The molecule has 1 amide bonds. The lowest BCUT2D eigenvalue weighted by Gasteiger charge is -2.20. The maximum absolute atomic E-state index is 11.6. The van der Waals surface area contributed by atoms with Gasteiger partial charge in [0.1, 0.15) is 5.54 Å². The molecule has 0 aromatic heterocycles. The molecule has 1 rings (SSSR count). The molecular weight excluding hydrogens is 232 g/mol. The topological polar surface area (TPSA) is 92.4 Å². The number of anilines is 1. The van der Waals surface area contributed by atoms with Crippen LogP contribution in [0.15, 0.2) is 24.3 Å². The molecule has 5 nitrogen and oxygen atoms in total. The highest BCUT2D eigenvalue weighted by Crippen LogP contribution is 2.09. The van der Waals surface area contributed by atoms with Gasteiger partial charge in [0.25, 0.3) is 0 Å². The van der Waals surface area contributed by atoms with E-state index in [-0.39, 0.29) is 12.3 Å². The van der Waals surface area contributed by atoms with Crippen LogP contribution in [-0.2, 0) is 16.0 Å². The Balaban J connectivity index is 2.50. The van der Waals surface area contributed by atoms with Gasteiger partial charge in [-0.25, -0.2) is 4.79 Å². The number of nitrogens with one attached hydrogen (secondary N) is 1. The largest absolute Gasteiger partial charge is 0.480 e. The van der Waals surface area contributed by atoms with Crippen molar-refractivity contribution in [3.8, 4) is 0 Å². The van der Waals surface area contributed by atoms with E-state index >= 15 is 0 Å². The fraction of sp³-hybridized carbons (Fsp3) is 0.385. The Labute approximate surface area is 106 Å². The molecule has 0 aliphatic carbocycles. The first-order chi connectivity index (χ1) is 8.31. The van der Waals surface area contributed by atoms with Crippen LogP contribution in [-0.4, -0.2) is 22.5 Å². The molecule has 0 saturated carbocycles. The second-order valence-electron chi connectivity index (χ2n) is 4.72. The average Bonchev–Trinajstić information content (AvgIpc) is 2.25. The number of carboxylic acids is 1. The molecule has 98 valence electrons. The van der Waals surface area contributed by atoms with E-state index < -0.39 is 11.5 Å². The smallest absolute Gasteiger partial charge is 0.328 e. The lowest BCUT2D eigenvalue weighted by Crippen LogP contribution is -2.49. The number of amides is 1. The summed E-state index contributed by atoms with van der Waals surface area (Å²) < 4.78 is 0. The molecule has 5 heteroatoms. The number of hydrogen-bond donors (Lipinski definition) is 3. The summed E-state index contributed by atoms with van der Waals surface area (Å²) in [5.74, 6) is -1.34. The van der Waals surface area contributed by atoms with E-state index in [1.807, 2.05) is 12.1 Å². The fourth-order valence-corrected chi connectivity index (χ4v) is 1.47. The van der Waals surface area contributed by atoms with Gasteiger partial charge >= 0.3 is 5.97 Å². The summed E-state index contributed by atoms with van der Waals surface area (Å²) >= 11 is 0. The number of rotatable bonds is 5. The van der Waals surface area contributed by atoms with Crippen molar-refractivity contribution >= 4 is 17.6 Å². The van der Waals surface area contributed by atoms with E-state index in [4.69, 9.17) is 10.8 Å². The number of carbonyl (C=O) groups excluding carboxylic acids is 1. The molecule has 0 bridgehead atoms. The zero-order valence-electron chi connectivity index (χ0n) is 10.6. The third-order valence-electron chi connectivity index (χ3n) is 2.58. The van der Waals surface area contributed by atoms with Crippen LogP contribution in [0.2, 0.25) is 0 Å². The first-order valence-corrected chi connectivity index (χ1v) is 5.70. The normalized spacial score (nSPS) is 11.0. The number of hydrogen-bond acceptors (Lipinski definition) is 3. The zero-order chi connectivity index (χ0) is 13.8. The summed E-state index contributed by atoms with van der Waals surface area (Å²) in [6.45, 7) is 2.90. The van der Waals surface area contributed by atoms with Gasteiger partial charge in [0.15, 0.2) is 0 Å². The predicted molar refractivity (Wildman–Crippen MR) is 69.0 cm³/mol. The van der Waals surface area contributed by atoms with Gasteiger partial charge in [-0.3, -0.25) is 4.79 Å². The predicted octanol–water partition coefficient (Wildman–Crippen LogP) is 1.18. The van der Waals surface area contributed by atoms with Gasteiger partial charge in [0, 0.05) is 12.1 Å². The maximum Gasteiger partial charge on any atom is 0.328 e. The standard InChI is InChI=1S/C13H18N2O3/c1-13(2,12(17)18)15-11(16)7-6-9-4-3-5-10(14)8-9/h3-5,8H,6-7,14H2,1-2H3,(H,15,16)(H,17,18). The van der Waals surface area contributed by atoms with Crippen molar-refractivity contribution in [2.75, 3.05) is 5.73 Å². The lowest BCUT2D eigenvalue weighted by atomic mass is 10.0. The Kier molecular flexibility index (Phi) is 4.31. The Hall–Kier alpha value is -2.04. The average molecular weight is 250 g/mol. The van der Waals surface area contributed by atoms with Crippen molar-refractivity contribution in [1.82, 2.24) is 5.32 Å². The highest BCUT2D eigenvalue weighted by Gasteiger charge is 2.28. The van der Waals surface area contributed by atoms with Gasteiger partial charge < -0.3 is 16.2 Å². The van der Waals surface area contributed by atoms with Crippen LogP contribution < -0.4 is 11.1 Å². The minimum Gasteiger partial charge on any atom is -0.480 e. The van der Waals surface area contributed by atoms with Gasteiger partial charge in [0.2, 0.25) is 5.91 Å². The Morgan fingerprint density at radius 2 is 2.06 bits per heavy atom. The quantitative estimate of drug-likeness (QED) is 0.684. The highest BCUT2D eigenvalue weighted by molar-refractivity contribution is 5.86. The number of carbonyl (C=O) groups is 2. The summed E-state index contributed by atoms with van der Waals surface area (Å²) in [7, 11) is 0. The van der Waals surface area contributed by atoms with Crippen LogP contribution in [0.25, 0.3) is 0 Å². The zero-order valence-corrected chi connectivity index (χ0v) is 10.6. The fourth-order valence-electron chi connectivity index (χ4n) is 1.47. The monoisotopic (exact) mass is 250 g/mol. The van der Waals surface area contributed by atoms with Gasteiger partial charge in [-0.1, -0.05) is 12.1 Å². The number of nitrogen functional groups attached to an aromatic ring is 1. The van der Waals surface area contributed by atoms with E-state index in [0.717, 1.165) is 5.56 Å². The second-order valence-corrected chi connectivity index (χ2v) is 4.72. The highest BCUT2D eigenvalue weighted by atomic mass is 16.4. The van der Waals surface area contributed by atoms with Crippen LogP contribution >= 0.6 is 0 Å². The van der Waals surface area contributed by atoms with E-state index in [9.17, 15) is 9.59 Å². The summed E-state index contributed by atoms with van der Waals surface area (Å²) in [6, 6.07) is 7.28.